The molecule has 1 atom stereocenters. The largest absolute Gasteiger partial charge is 0.443 e. The zero-order valence-corrected chi connectivity index (χ0v) is 14.3. The van der Waals surface area contributed by atoms with Gasteiger partial charge in [-0.3, -0.25) is 4.79 Å². The number of aromatic nitrogens is 2. The van der Waals surface area contributed by atoms with E-state index in [9.17, 15) is 9.18 Å². The van der Waals surface area contributed by atoms with Gasteiger partial charge in [0.05, 0.1) is 11.9 Å². The van der Waals surface area contributed by atoms with Gasteiger partial charge in [0.1, 0.15) is 17.6 Å². The molecular weight excluding hydrogens is 337 g/mol. The third kappa shape index (κ3) is 3.12. The van der Waals surface area contributed by atoms with Crippen LogP contribution in [0.1, 0.15) is 52.3 Å². The molecule has 26 heavy (non-hydrogen) atoms. The van der Waals surface area contributed by atoms with Crippen LogP contribution >= 0.6 is 0 Å². The van der Waals surface area contributed by atoms with Gasteiger partial charge in [-0.2, -0.15) is 0 Å². The maximum absolute atomic E-state index is 13.3. The van der Waals surface area contributed by atoms with Crippen molar-refractivity contribution in [2.75, 3.05) is 6.54 Å². The topological polar surface area (TPSA) is 72.4 Å². The zero-order valence-electron chi connectivity index (χ0n) is 14.3. The van der Waals surface area contributed by atoms with Crippen LogP contribution in [0.3, 0.4) is 0 Å². The number of hydrogen-bond acceptors (Lipinski definition) is 5. The Hall–Kier alpha value is -2.96. The molecule has 0 radical (unpaired) electrons. The van der Waals surface area contributed by atoms with Crippen molar-refractivity contribution in [3.63, 3.8) is 0 Å². The van der Waals surface area contributed by atoms with Gasteiger partial charge in [-0.1, -0.05) is 12.1 Å². The Morgan fingerprint density at radius 1 is 1.38 bits per heavy atom. The lowest BCUT2D eigenvalue weighted by Crippen LogP contribution is -2.30. The lowest BCUT2D eigenvalue weighted by Gasteiger charge is -2.21. The zero-order chi connectivity index (χ0) is 18.1. The molecule has 1 aliphatic heterocycles. The van der Waals surface area contributed by atoms with Gasteiger partial charge in [-0.15, -0.1) is 0 Å². The minimum Gasteiger partial charge on any atom is -0.443 e. The number of halogens is 1. The molecular formula is C19H18FN3O3. The van der Waals surface area contributed by atoms with Gasteiger partial charge in [0.2, 0.25) is 11.7 Å². The number of carbonyl (C=O) groups excluding carboxylic acids is 1. The number of amides is 1. The Morgan fingerprint density at radius 3 is 3.04 bits per heavy atom. The molecule has 2 aromatic heterocycles. The first-order chi connectivity index (χ1) is 12.6. The number of oxazole rings is 2. The highest BCUT2D eigenvalue weighted by Crippen LogP contribution is 2.33. The molecule has 1 saturated heterocycles. The monoisotopic (exact) mass is 355 g/mol. The number of aryl methyl sites for hydroxylation is 1. The summed E-state index contributed by atoms with van der Waals surface area (Å²) in [6, 6.07) is 6.15. The van der Waals surface area contributed by atoms with Gasteiger partial charge in [0.25, 0.3) is 5.91 Å². The van der Waals surface area contributed by atoms with Gasteiger partial charge in [-0.05, 0) is 37.5 Å². The quantitative estimate of drug-likeness (QED) is 0.714. The molecule has 1 amide bonds. The summed E-state index contributed by atoms with van der Waals surface area (Å²) in [6.07, 6.45) is 5.01. The summed E-state index contributed by atoms with van der Waals surface area (Å²) in [7, 11) is 0. The molecule has 0 aliphatic carbocycles. The number of carbonyl (C=O) groups is 1. The van der Waals surface area contributed by atoms with Crippen LogP contribution in [0.15, 0.2) is 45.7 Å². The smallest absolute Gasteiger partial charge is 0.292 e. The molecule has 0 unspecified atom stereocenters. The molecule has 3 aromatic rings. The summed E-state index contributed by atoms with van der Waals surface area (Å²) < 4.78 is 24.4. The Labute approximate surface area is 149 Å². The summed E-state index contributed by atoms with van der Waals surface area (Å²) in [5, 5.41) is 0. The standard InChI is InChI=1S/C19H18FN3O3/c1-12-17(25-11-22-12)19(24)23-7-3-6-16(23)18-21-10-15(26-18)9-13-4-2-5-14(20)8-13/h2,4-5,8,10-11,16H,3,6-7,9H2,1H3/t16-/m0/s1. The first kappa shape index (κ1) is 16.5. The van der Waals surface area contributed by atoms with Crippen molar-refractivity contribution in [2.45, 2.75) is 32.2 Å². The highest BCUT2D eigenvalue weighted by atomic mass is 19.1. The maximum Gasteiger partial charge on any atom is 0.292 e. The minimum absolute atomic E-state index is 0.201. The Bertz CT molecular complexity index is 934. The van der Waals surface area contributed by atoms with Crippen LogP contribution in [0.25, 0.3) is 0 Å². The third-order valence-corrected chi connectivity index (χ3v) is 4.58. The van der Waals surface area contributed by atoms with Gasteiger partial charge in [0, 0.05) is 13.0 Å². The van der Waals surface area contributed by atoms with Crippen molar-refractivity contribution >= 4 is 5.91 Å². The van der Waals surface area contributed by atoms with Crippen LogP contribution in [0, 0.1) is 12.7 Å². The van der Waals surface area contributed by atoms with Crippen LogP contribution in [-0.2, 0) is 6.42 Å². The second kappa shape index (κ2) is 6.74. The van der Waals surface area contributed by atoms with Crippen molar-refractivity contribution in [1.29, 1.82) is 0 Å². The summed E-state index contributed by atoms with van der Waals surface area (Å²) in [5.74, 6) is 0.910. The van der Waals surface area contributed by atoms with E-state index in [1.54, 1.807) is 24.1 Å². The number of nitrogens with zero attached hydrogens (tertiary/aromatic N) is 3. The van der Waals surface area contributed by atoms with E-state index in [0.717, 1.165) is 18.4 Å². The average molecular weight is 355 g/mol. The van der Waals surface area contributed by atoms with Crippen LogP contribution in [0.4, 0.5) is 4.39 Å². The molecule has 0 N–H and O–H groups in total. The normalized spacial score (nSPS) is 17.0. The van der Waals surface area contributed by atoms with E-state index in [-0.39, 0.29) is 23.5 Å². The number of hydrogen-bond donors (Lipinski definition) is 0. The van der Waals surface area contributed by atoms with Gasteiger partial charge in [0.15, 0.2) is 6.39 Å². The molecule has 6 nitrogen and oxygen atoms in total. The van der Waals surface area contributed by atoms with Crippen molar-refractivity contribution in [1.82, 2.24) is 14.9 Å². The summed E-state index contributed by atoms with van der Waals surface area (Å²) in [6.45, 7) is 2.36. The van der Waals surface area contributed by atoms with E-state index in [4.69, 9.17) is 8.83 Å². The van der Waals surface area contributed by atoms with E-state index in [1.165, 1.54) is 18.5 Å². The van der Waals surface area contributed by atoms with Crippen LogP contribution < -0.4 is 0 Å². The molecule has 0 spiro atoms. The Balaban J connectivity index is 1.53. The number of likely N-dealkylation sites (tertiary alicyclic amines) is 1. The maximum atomic E-state index is 13.3. The summed E-state index contributed by atoms with van der Waals surface area (Å²) >= 11 is 0. The van der Waals surface area contributed by atoms with E-state index >= 15 is 0 Å². The van der Waals surface area contributed by atoms with Crippen molar-refractivity contribution in [3.8, 4) is 0 Å². The molecule has 0 saturated carbocycles. The second-order valence-electron chi connectivity index (χ2n) is 6.39. The second-order valence-corrected chi connectivity index (χ2v) is 6.39. The average Bonchev–Trinajstić information content (AvgIpc) is 3.34. The van der Waals surface area contributed by atoms with Crippen molar-refractivity contribution in [2.24, 2.45) is 0 Å². The van der Waals surface area contributed by atoms with E-state index < -0.39 is 0 Å². The Kier molecular flexibility index (Phi) is 4.28. The first-order valence-electron chi connectivity index (χ1n) is 8.52. The highest BCUT2D eigenvalue weighted by molar-refractivity contribution is 5.92. The lowest BCUT2D eigenvalue weighted by atomic mass is 10.1. The predicted octanol–water partition coefficient (Wildman–Crippen LogP) is 3.68. The summed E-state index contributed by atoms with van der Waals surface area (Å²) in [5.41, 5.74) is 1.38. The fraction of sp³-hybridized carbons (Fsp3) is 0.316. The van der Waals surface area contributed by atoms with E-state index in [0.29, 0.717) is 30.3 Å². The minimum atomic E-state index is -0.280. The highest BCUT2D eigenvalue weighted by Gasteiger charge is 2.35. The SMILES string of the molecule is Cc1ncoc1C(=O)N1CCC[C@H]1c1ncc(Cc2cccc(F)c2)o1. The molecule has 1 aliphatic rings. The summed E-state index contributed by atoms with van der Waals surface area (Å²) in [4.78, 5) is 22.8. The third-order valence-electron chi connectivity index (χ3n) is 4.58. The number of benzene rings is 1. The molecule has 134 valence electrons. The van der Waals surface area contributed by atoms with Crippen LogP contribution in [0.2, 0.25) is 0 Å². The predicted molar refractivity (Wildman–Crippen MR) is 90.0 cm³/mol. The van der Waals surface area contributed by atoms with E-state index in [2.05, 4.69) is 9.97 Å². The van der Waals surface area contributed by atoms with Crippen LogP contribution in [-0.4, -0.2) is 27.3 Å². The molecule has 1 aromatic carbocycles. The van der Waals surface area contributed by atoms with Gasteiger partial charge >= 0.3 is 0 Å². The molecule has 0 bridgehead atoms. The molecule has 1 fully saturated rings. The fourth-order valence-corrected chi connectivity index (χ4v) is 3.31. The van der Waals surface area contributed by atoms with Crippen molar-refractivity contribution < 1.29 is 18.0 Å². The Morgan fingerprint density at radius 2 is 2.27 bits per heavy atom. The lowest BCUT2D eigenvalue weighted by molar-refractivity contribution is 0.0681. The number of rotatable bonds is 4. The van der Waals surface area contributed by atoms with Crippen molar-refractivity contribution in [3.05, 3.63) is 71.3 Å². The van der Waals surface area contributed by atoms with Gasteiger partial charge in [-0.25, -0.2) is 14.4 Å². The van der Waals surface area contributed by atoms with Gasteiger partial charge < -0.3 is 13.7 Å². The van der Waals surface area contributed by atoms with E-state index in [1.807, 2.05) is 6.07 Å². The first-order valence-corrected chi connectivity index (χ1v) is 8.52. The molecule has 3 heterocycles. The molecule has 7 heteroatoms. The fourth-order valence-electron chi connectivity index (χ4n) is 3.31. The van der Waals surface area contributed by atoms with Crippen LogP contribution in [0.5, 0.6) is 0 Å². The molecule has 4 rings (SSSR count).